The van der Waals surface area contributed by atoms with Crippen LogP contribution in [0.2, 0.25) is 0 Å². The topological polar surface area (TPSA) is 93.8 Å². The molecule has 0 saturated heterocycles. The number of primary amides is 1. The number of carbonyl (C=O) groups excluding carboxylic acids is 1. The zero-order chi connectivity index (χ0) is 12.7. The van der Waals surface area contributed by atoms with E-state index in [2.05, 4.69) is 5.48 Å². The van der Waals surface area contributed by atoms with Gasteiger partial charge in [-0.2, -0.15) is 5.48 Å². The predicted molar refractivity (Wildman–Crippen MR) is 61.1 cm³/mol. The fourth-order valence-electron chi connectivity index (χ4n) is 1.23. The average Bonchev–Trinajstić information content (AvgIpc) is 2.34. The number of rotatable bonds is 7. The Labute approximate surface area is 99.3 Å². The zero-order valence-electron chi connectivity index (χ0n) is 9.55. The van der Waals surface area contributed by atoms with Crippen molar-refractivity contribution in [3.05, 3.63) is 29.8 Å². The van der Waals surface area contributed by atoms with Gasteiger partial charge in [0.25, 0.3) is 0 Å². The molecule has 0 saturated carbocycles. The van der Waals surface area contributed by atoms with E-state index in [4.69, 9.17) is 15.3 Å². The van der Waals surface area contributed by atoms with E-state index in [1.807, 2.05) is 0 Å². The summed E-state index contributed by atoms with van der Waals surface area (Å²) >= 11 is 0. The van der Waals surface area contributed by atoms with E-state index >= 15 is 0 Å². The summed E-state index contributed by atoms with van der Waals surface area (Å²) in [6, 6.07) is 7.05. The number of nitrogens with two attached hydrogens (primary N) is 1. The van der Waals surface area contributed by atoms with Crippen LogP contribution in [0.15, 0.2) is 24.3 Å². The van der Waals surface area contributed by atoms with Crippen molar-refractivity contribution in [2.24, 2.45) is 5.73 Å². The first-order valence-electron chi connectivity index (χ1n) is 5.08. The quantitative estimate of drug-likeness (QED) is 0.451. The molecule has 1 amide bonds. The molecular formula is C11H16N2O4. The Morgan fingerprint density at radius 2 is 2.35 bits per heavy atom. The van der Waals surface area contributed by atoms with Crippen molar-refractivity contribution < 1.29 is 19.5 Å². The van der Waals surface area contributed by atoms with Crippen molar-refractivity contribution in [1.82, 2.24) is 5.48 Å². The molecule has 6 nitrogen and oxygen atoms in total. The molecule has 1 aromatic carbocycles. The molecule has 0 spiro atoms. The zero-order valence-corrected chi connectivity index (χ0v) is 9.55. The molecule has 1 rings (SSSR count). The summed E-state index contributed by atoms with van der Waals surface area (Å²) in [5.74, 6) is 0.0907. The van der Waals surface area contributed by atoms with E-state index in [1.54, 1.807) is 31.4 Å². The summed E-state index contributed by atoms with van der Waals surface area (Å²) in [7, 11) is 1.56. The third-order valence-electron chi connectivity index (χ3n) is 2.07. The number of hydrogen-bond acceptors (Lipinski definition) is 5. The predicted octanol–water partition coefficient (Wildman–Crippen LogP) is -0.265. The Hall–Kier alpha value is -1.63. The number of aliphatic hydroxyl groups is 1. The number of amides is 1. The minimum absolute atomic E-state index is 0.153. The van der Waals surface area contributed by atoms with Crippen LogP contribution in [0.4, 0.5) is 0 Å². The lowest BCUT2D eigenvalue weighted by atomic mass is 10.1. The molecule has 1 unspecified atom stereocenters. The average molecular weight is 240 g/mol. The van der Waals surface area contributed by atoms with Crippen LogP contribution < -0.4 is 16.0 Å². The molecule has 0 bridgehead atoms. The number of methoxy groups -OCH3 is 1. The van der Waals surface area contributed by atoms with Crippen LogP contribution in [-0.2, 0) is 9.63 Å². The number of benzene rings is 1. The monoisotopic (exact) mass is 240 g/mol. The van der Waals surface area contributed by atoms with Gasteiger partial charge in [0, 0.05) is 0 Å². The molecule has 17 heavy (non-hydrogen) atoms. The van der Waals surface area contributed by atoms with Gasteiger partial charge >= 0.3 is 0 Å². The van der Waals surface area contributed by atoms with Crippen LogP contribution in [0.5, 0.6) is 5.75 Å². The van der Waals surface area contributed by atoms with Crippen LogP contribution in [0.3, 0.4) is 0 Å². The summed E-state index contributed by atoms with van der Waals surface area (Å²) in [4.78, 5) is 15.1. The largest absolute Gasteiger partial charge is 0.497 e. The smallest absolute Gasteiger partial charge is 0.245 e. The van der Waals surface area contributed by atoms with Gasteiger partial charge in [-0.05, 0) is 17.7 Å². The second-order valence-electron chi connectivity index (χ2n) is 3.40. The van der Waals surface area contributed by atoms with Gasteiger partial charge in [0.2, 0.25) is 5.91 Å². The highest BCUT2D eigenvalue weighted by Gasteiger charge is 2.08. The summed E-state index contributed by atoms with van der Waals surface area (Å²) in [5, 5.41) is 9.79. The minimum atomic E-state index is -0.752. The molecule has 0 aliphatic carbocycles. The van der Waals surface area contributed by atoms with E-state index in [0.717, 1.165) is 0 Å². The van der Waals surface area contributed by atoms with Crippen molar-refractivity contribution in [1.29, 1.82) is 0 Å². The van der Waals surface area contributed by atoms with E-state index in [0.29, 0.717) is 11.3 Å². The Morgan fingerprint density at radius 1 is 1.59 bits per heavy atom. The molecule has 0 aromatic heterocycles. The van der Waals surface area contributed by atoms with Gasteiger partial charge in [0.1, 0.15) is 12.4 Å². The fourth-order valence-corrected chi connectivity index (χ4v) is 1.23. The van der Waals surface area contributed by atoms with E-state index in [1.165, 1.54) is 0 Å². The molecule has 0 aliphatic rings. The number of aliphatic hydroxyl groups excluding tert-OH is 1. The summed E-state index contributed by atoms with van der Waals surface area (Å²) in [6.45, 7) is -0.0781. The Kier molecular flexibility index (Phi) is 5.41. The van der Waals surface area contributed by atoms with Gasteiger partial charge in [0.15, 0.2) is 0 Å². The number of ether oxygens (including phenoxy) is 1. The fraction of sp³-hybridized carbons (Fsp3) is 0.364. The van der Waals surface area contributed by atoms with Crippen molar-refractivity contribution in [3.8, 4) is 5.75 Å². The molecule has 6 heteroatoms. The second-order valence-corrected chi connectivity index (χ2v) is 3.40. The normalized spacial score (nSPS) is 12.1. The molecule has 0 fully saturated rings. The standard InChI is InChI=1S/C11H16N2O4/c1-16-9-4-2-3-8(5-9)10(14)6-13-17-7-11(12)15/h2-5,10,13-14H,6-7H2,1H3,(H2,12,15). The summed E-state index contributed by atoms with van der Waals surface area (Å²) in [6.07, 6.45) is -0.752. The van der Waals surface area contributed by atoms with Crippen molar-refractivity contribution in [3.63, 3.8) is 0 Å². The van der Waals surface area contributed by atoms with E-state index in [9.17, 15) is 9.90 Å². The van der Waals surface area contributed by atoms with Crippen LogP contribution in [0, 0.1) is 0 Å². The molecule has 4 N–H and O–H groups in total. The number of hydroxylamine groups is 1. The van der Waals surface area contributed by atoms with Crippen LogP contribution in [0.1, 0.15) is 11.7 Å². The van der Waals surface area contributed by atoms with Gasteiger partial charge in [-0.25, -0.2) is 0 Å². The summed E-state index contributed by atoms with van der Waals surface area (Å²) < 4.78 is 5.04. The molecule has 0 aliphatic heterocycles. The molecule has 1 aromatic rings. The first-order valence-corrected chi connectivity index (χ1v) is 5.08. The van der Waals surface area contributed by atoms with Crippen molar-refractivity contribution in [2.45, 2.75) is 6.10 Å². The number of carbonyl (C=O) groups is 1. The van der Waals surface area contributed by atoms with Gasteiger partial charge < -0.3 is 15.6 Å². The molecular weight excluding hydrogens is 224 g/mol. The Balaban J connectivity index is 2.40. The molecule has 1 atom stereocenters. The maximum atomic E-state index is 10.4. The van der Waals surface area contributed by atoms with Gasteiger partial charge in [-0.3, -0.25) is 9.63 Å². The minimum Gasteiger partial charge on any atom is -0.497 e. The van der Waals surface area contributed by atoms with Crippen molar-refractivity contribution >= 4 is 5.91 Å². The van der Waals surface area contributed by atoms with Gasteiger partial charge in [-0.1, -0.05) is 12.1 Å². The molecule has 0 radical (unpaired) electrons. The summed E-state index contributed by atoms with van der Waals surface area (Å²) in [5.41, 5.74) is 8.03. The highest BCUT2D eigenvalue weighted by atomic mass is 16.6. The van der Waals surface area contributed by atoms with Crippen LogP contribution >= 0.6 is 0 Å². The third kappa shape index (κ3) is 4.81. The lowest BCUT2D eigenvalue weighted by Gasteiger charge is -2.12. The number of hydrogen-bond donors (Lipinski definition) is 3. The molecule has 94 valence electrons. The third-order valence-corrected chi connectivity index (χ3v) is 2.07. The first kappa shape index (κ1) is 13.4. The highest BCUT2D eigenvalue weighted by Crippen LogP contribution is 2.18. The Morgan fingerprint density at radius 3 is 3.00 bits per heavy atom. The Bertz CT molecular complexity index is 370. The molecule has 0 heterocycles. The SMILES string of the molecule is COc1cccc(C(O)CNOCC(N)=O)c1. The highest BCUT2D eigenvalue weighted by molar-refractivity contribution is 5.74. The lowest BCUT2D eigenvalue weighted by Crippen LogP contribution is -2.27. The van der Waals surface area contributed by atoms with Gasteiger partial charge in [-0.15, -0.1) is 0 Å². The van der Waals surface area contributed by atoms with Crippen LogP contribution in [0.25, 0.3) is 0 Å². The van der Waals surface area contributed by atoms with E-state index in [-0.39, 0.29) is 13.2 Å². The van der Waals surface area contributed by atoms with Crippen LogP contribution in [-0.4, -0.2) is 31.3 Å². The second kappa shape index (κ2) is 6.85. The van der Waals surface area contributed by atoms with Gasteiger partial charge in [0.05, 0.1) is 19.8 Å². The van der Waals surface area contributed by atoms with Crippen molar-refractivity contribution in [2.75, 3.05) is 20.3 Å². The van der Waals surface area contributed by atoms with E-state index < -0.39 is 12.0 Å². The number of nitrogens with one attached hydrogen (secondary N) is 1. The lowest BCUT2D eigenvalue weighted by molar-refractivity contribution is -0.125. The maximum Gasteiger partial charge on any atom is 0.245 e. The maximum absolute atomic E-state index is 10.4. The first-order chi connectivity index (χ1) is 8.13.